The van der Waals surface area contributed by atoms with Crippen molar-refractivity contribution in [1.29, 1.82) is 5.26 Å². The first-order valence-corrected chi connectivity index (χ1v) is 6.23. The Hall–Kier alpha value is -1.76. The third-order valence-electron chi connectivity index (χ3n) is 2.59. The van der Waals surface area contributed by atoms with Crippen LogP contribution >= 0.6 is 23.2 Å². The van der Waals surface area contributed by atoms with Crippen LogP contribution in [0, 0.1) is 17.1 Å². The highest BCUT2D eigenvalue weighted by atomic mass is 35.5. The summed E-state index contributed by atoms with van der Waals surface area (Å²) in [6.45, 7) is 0.332. The van der Waals surface area contributed by atoms with Crippen molar-refractivity contribution in [2.45, 2.75) is 6.54 Å². The molecule has 0 aliphatic heterocycles. The smallest absolute Gasteiger partial charge is 0.123 e. The number of nitrogens with zero attached hydrogens (tertiary/aromatic N) is 1. The summed E-state index contributed by atoms with van der Waals surface area (Å²) in [7, 11) is 0. The van der Waals surface area contributed by atoms with Crippen LogP contribution in [-0.2, 0) is 6.54 Å². The van der Waals surface area contributed by atoms with Crippen molar-refractivity contribution in [3.05, 3.63) is 63.4 Å². The first-order chi connectivity index (χ1) is 9.10. The van der Waals surface area contributed by atoms with Crippen molar-refractivity contribution in [2.75, 3.05) is 5.32 Å². The van der Waals surface area contributed by atoms with Gasteiger partial charge in [-0.25, -0.2) is 4.39 Å². The molecule has 0 spiro atoms. The summed E-state index contributed by atoms with van der Waals surface area (Å²) in [6.07, 6.45) is 0. The predicted molar refractivity (Wildman–Crippen MR) is 74.9 cm³/mol. The second-order valence-electron chi connectivity index (χ2n) is 3.90. The number of halogens is 3. The Bertz CT molecular complexity index is 650. The predicted octanol–water partition coefficient (Wildman–Crippen LogP) is 4.62. The number of nitriles is 1. The number of nitrogens with one attached hydrogen (secondary N) is 1. The maximum Gasteiger partial charge on any atom is 0.123 e. The van der Waals surface area contributed by atoms with E-state index in [2.05, 4.69) is 5.32 Å². The molecule has 19 heavy (non-hydrogen) atoms. The monoisotopic (exact) mass is 294 g/mol. The number of hydrogen-bond acceptors (Lipinski definition) is 2. The highest BCUT2D eigenvalue weighted by Crippen LogP contribution is 2.25. The van der Waals surface area contributed by atoms with Crippen molar-refractivity contribution in [3.8, 4) is 6.07 Å². The molecule has 0 saturated heterocycles. The van der Waals surface area contributed by atoms with Crippen molar-refractivity contribution in [1.82, 2.24) is 0 Å². The van der Waals surface area contributed by atoms with Gasteiger partial charge in [-0.3, -0.25) is 0 Å². The molecular weight excluding hydrogens is 286 g/mol. The van der Waals surface area contributed by atoms with Crippen molar-refractivity contribution >= 4 is 28.9 Å². The van der Waals surface area contributed by atoms with Crippen LogP contribution < -0.4 is 5.32 Å². The lowest BCUT2D eigenvalue weighted by atomic mass is 10.1. The van der Waals surface area contributed by atoms with E-state index in [-0.39, 0.29) is 5.82 Å². The van der Waals surface area contributed by atoms with Gasteiger partial charge in [0.2, 0.25) is 0 Å². The molecule has 0 radical (unpaired) electrons. The van der Waals surface area contributed by atoms with Crippen LogP contribution in [0.3, 0.4) is 0 Å². The van der Waals surface area contributed by atoms with Crippen LogP contribution in [-0.4, -0.2) is 0 Å². The largest absolute Gasteiger partial charge is 0.381 e. The first kappa shape index (κ1) is 13.7. The Morgan fingerprint density at radius 2 is 1.89 bits per heavy atom. The standard InChI is InChI=1S/C14H9Cl2FN2/c15-13-4-3-12(6-14(13)16)19-8-10-5-11(17)2-1-9(10)7-18/h1-6,19H,8H2. The summed E-state index contributed by atoms with van der Waals surface area (Å²) in [5.74, 6) is -0.370. The van der Waals surface area contributed by atoms with Gasteiger partial charge in [0.15, 0.2) is 0 Å². The molecule has 0 atom stereocenters. The van der Waals surface area contributed by atoms with E-state index >= 15 is 0 Å². The van der Waals surface area contributed by atoms with E-state index in [1.165, 1.54) is 18.2 Å². The average Bonchev–Trinajstić information content (AvgIpc) is 2.40. The lowest BCUT2D eigenvalue weighted by Crippen LogP contribution is -2.02. The quantitative estimate of drug-likeness (QED) is 0.897. The van der Waals surface area contributed by atoms with Crippen LogP contribution in [0.2, 0.25) is 10.0 Å². The molecule has 2 aromatic carbocycles. The number of hydrogen-bond donors (Lipinski definition) is 1. The van der Waals surface area contributed by atoms with E-state index in [1.54, 1.807) is 18.2 Å². The van der Waals surface area contributed by atoms with Crippen LogP contribution in [0.15, 0.2) is 36.4 Å². The van der Waals surface area contributed by atoms with E-state index < -0.39 is 0 Å². The Labute approximate surface area is 120 Å². The fraction of sp³-hybridized carbons (Fsp3) is 0.0714. The highest BCUT2D eigenvalue weighted by Gasteiger charge is 2.04. The number of anilines is 1. The van der Waals surface area contributed by atoms with Gasteiger partial charge in [0, 0.05) is 12.2 Å². The Kier molecular flexibility index (Phi) is 4.26. The van der Waals surface area contributed by atoms with Gasteiger partial charge in [-0.1, -0.05) is 23.2 Å². The molecule has 2 rings (SSSR count). The van der Waals surface area contributed by atoms with Crippen LogP contribution in [0.25, 0.3) is 0 Å². The van der Waals surface area contributed by atoms with Gasteiger partial charge in [-0.2, -0.15) is 5.26 Å². The summed E-state index contributed by atoms with van der Waals surface area (Å²) in [6, 6.07) is 11.2. The minimum atomic E-state index is -0.370. The fourth-order valence-electron chi connectivity index (χ4n) is 1.62. The molecule has 0 amide bonds. The molecule has 0 bridgehead atoms. The van der Waals surface area contributed by atoms with Gasteiger partial charge >= 0.3 is 0 Å². The molecule has 0 unspecified atom stereocenters. The van der Waals surface area contributed by atoms with Crippen molar-refractivity contribution in [2.24, 2.45) is 0 Å². The van der Waals surface area contributed by atoms with E-state index in [0.29, 0.717) is 27.7 Å². The molecule has 5 heteroatoms. The van der Waals surface area contributed by atoms with E-state index in [4.69, 9.17) is 28.5 Å². The lowest BCUT2D eigenvalue weighted by molar-refractivity contribution is 0.625. The summed E-state index contributed by atoms with van der Waals surface area (Å²) >= 11 is 11.7. The third kappa shape index (κ3) is 3.37. The SMILES string of the molecule is N#Cc1ccc(F)cc1CNc1ccc(Cl)c(Cl)c1. The van der Waals surface area contributed by atoms with Crippen molar-refractivity contribution in [3.63, 3.8) is 0 Å². The lowest BCUT2D eigenvalue weighted by Gasteiger charge is -2.09. The molecule has 1 N–H and O–H groups in total. The molecule has 0 saturated carbocycles. The first-order valence-electron chi connectivity index (χ1n) is 5.47. The third-order valence-corrected chi connectivity index (χ3v) is 3.33. The van der Waals surface area contributed by atoms with E-state index in [1.807, 2.05) is 6.07 Å². The molecule has 2 nitrogen and oxygen atoms in total. The molecular formula is C14H9Cl2FN2. The second-order valence-corrected chi connectivity index (χ2v) is 4.71. The van der Waals surface area contributed by atoms with Gasteiger partial charge < -0.3 is 5.32 Å². The molecule has 2 aromatic rings. The molecule has 0 aliphatic carbocycles. The minimum Gasteiger partial charge on any atom is -0.381 e. The topological polar surface area (TPSA) is 35.8 Å². The maximum atomic E-state index is 13.2. The average molecular weight is 295 g/mol. The molecule has 0 aromatic heterocycles. The van der Waals surface area contributed by atoms with Crippen LogP contribution in [0.5, 0.6) is 0 Å². The van der Waals surface area contributed by atoms with Crippen LogP contribution in [0.4, 0.5) is 10.1 Å². The fourth-order valence-corrected chi connectivity index (χ4v) is 1.92. The van der Waals surface area contributed by atoms with Gasteiger partial charge in [0.25, 0.3) is 0 Å². The molecule has 0 fully saturated rings. The summed E-state index contributed by atoms with van der Waals surface area (Å²) < 4.78 is 13.2. The van der Waals surface area contributed by atoms with E-state index in [0.717, 1.165) is 5.69 Å². The minimum absolute atomic E-state index is 0.332. The normalized spacial score (nSPS) is 10.0. The van der Waals surface area contributed by atoms with Crippen molar-refractivity contribution < 1.29 is 4.39 Å². The van der Waals surface area contributed by atoms with Gasteiger partial charge in [0.1, 0.15) is 5.82 Å². The molecule has 0 aliphatic rings. The maximum absolute atomic E-state index is 13.2. The molecule has 96 valence electrons. The summed E-state index contributed by atoms with van der Waals surface area (Å²) in [4.78, 5) is 0. The van der Waals surface area contributed by atoms with Crippen LogP contribution in [0.1, 0.15) is 11.1 Å². The van der Waals surface area contributed by atoms with Gasteiger partial charge in [0.05, 0.1) is 21.7 Å². The zero-order valence-corrected chi connectivity index (χ0v) is 11.3. The Morgan fingerprint density at radius 1 is 1.11 bits per heavy atom. The zero-order chi connectivity index (χ0) is 13.8. The van der Waals surface area contributed by atoms with Gasteiger partial charge in [-0.05, 0) is 42.0 Å². The van der Waals surface area contributed by atoms with E-state index in [9.17, 15) is 4.39 Å². The number of rotatable bonds is 3. The highest BCUT2D eigenvalue weighted by molar-refractivity contribution is 6.42. The Morgan fingerprint density at radius 3 is 2.58 bits per heavy atom. The summed E-state index contributed by atoms with van der Waals surface area (Å²) in [5, 5.41) is 12.9. The number of benzene rings is 2. The van der Waals surface area contributed by atoms with Gasteiger partial charge in [-0.15, -0.1) is 0 Å². The molecule has 0 heterocycles. The summed E-state index contributed by atoms with van der Waals surface area (Å²) in [5.41, 5.74) is 1.78. The second kappa shape index (κ2) is 5.92. The Balaban J connectivity index is 2.16. The zero-order valence-electron chi connectivity index (χ0n) is 9.75.